The van der Waals surface area contributed by atoms with Crippen LogP contribution in [0.3, 0.4) is 0 Å². The normalized spacial score (nSPS) is 14.3. The Kier molecular flexibility index (Phi) is 7.77. The number of carbonyl (C=O) groups is 1. The minimum atomic E-state index is -0.180. The molecule has 10 heteroatoms. The number of carbonyl (C=O) groups excluding carboxylic acids is 1. The van der Waals surface area contributed by atoms with E-state index >= 15 is 0 Å². The van der Waals surface area contributed by atoms with E-state index in [1.807, 2.05) is 30.3 Å². The zero-order valence-corrected chi connectivity index (χ0v) is 20.6. The van der Waals surface area contributed by atoms with Gasteiger partial charge in [0.25, 0.3) is 5.91 Å². The number of halogens is 1. The van der Waals surface area contributed by atoms with Crippen LogP contribution in [-0.2, 0) is 4.74 Å². The number of rotatable bonds is 6. The molecule has 1 amide bonds. The van der Waals surface area contributed by atoms with Crippen LogP contribution in [-0.4, -0.2) is 71.4 Å². The summed E-state index contributed by atoms with van der Waals surface area (Å²) in [5, 5.41) is 0.687. The smallest absolute Gasteiger partial charge is 0.280 e. The van der Waals surface area contributed by atoms with E-state index in [1.165, 1.54) is 16.2 Å². The van der Waals surface area contributed by atoms with Crippen LogP contribution in [0.15, 0.2) is 53.6 Å². The van der Waals surface area contributed by atoms with Crippen LogP contribution < -0.4 is 4.90 Å². The first-order chi connectivity index (χ1) is 15.7. The summed E-state index contributed by atoms with van der Waals surface area (Å²) in [5.41, 5.74) is 2.71. The zero-order chi connectivity index (χ0) is 21.9. The van der Waals surface area contributed by atoms with Gasteiger partial charge in [0.15, 0.2) is 5.13 Å². The molecule has 1 aliphatic heterocycles. The second-order valence-electron chi connectivity index (χ2n) is 7.48. The lowest BCUT2D eigenvalue weighted by Gasteiger charge is -2.29. The fraction of sp³-hybridized carbons (Fsp3) is 0.304. The molecule has 1 saturated heterocycles. The number of fused-ring (bicyclic) bond motifs is 2. The molecule has 0 saturated carbocycles. The Morgan fingerprint density at radius 1 is 1.12 bits per heavy atom. The van der Waals surface area contributed by atoms with Gasteiger partial charge in [-0.15, -0.1) is 24.2 Å². The molecule has 33 heavy (non-hydrogen) atoms. The first kappa shape index (κ1) is 23.8. The van der Waals surface area contributed by atoms with Gasteiger partial charge in [-0.05, 0) is 36.6 Å². The summed E-state index contributed by atoms with van der Waals surface area (Å²) in [6, 6.07) is 13.8. The first-order valence-corrected chi connectivity index (χ1v) is 12.5. The van der Waals surface area contributed by atoms with E-state index < -0.39 is 0 Å². The van der Waals surface area contributed by atoms with E-state index in [2.05, 4.69) is 33.3 Å². The van der Waals surface area contributed by atoms with Gasteiger partial charge in [0.1, 0.15) is 5.69 Å². The fourth-order valence-electron chi connectivity index (χ4n) is 3.68. The van der Waals surface area contributed by atoms with Crippen molar-refractivity contribution in [1.29, 1.82) is 0 Å². The molecular weight excluding hydrogens is 478 g/mol. The van der Waals surface area contributed by atoms with E-state index in [0.717, 1.165) is 48.6 Å². The molecule has 0 spiro atoms. The third-order valence-corrected chi connectivity index (χ3v) is 7.24. The fourth-order valence-corrected chi connectivity index (χ4v) is 5.23. The SMILES string of the molecule is CSc1ccc2nc(N(CCN3CCOCC3)C(=O)c3cnc4ccccc4n3)sc2c1.Cl. The van der Waals surface area contributed by atoms with E-state index in [9.17, 15) is 4.79 Å². The summed E-state index contributed by atoms with van der Waals surface area (Å²) in [6.07, 6.45) is 3.62. The number of morpholine rings is 1. The highest BCUT2D eigenvalue weighted by Crippen LogP contribution is 2.32. The Hall–Kier alpha value is -2.30. The van der Waals surface area contributed by atoms with Gasteiger partial charge in [0.05, 0.1) is 40.7 Å². The van der Waals surface area contributed by atoms with Crippen LogP contribution in [0.2, 0.25) is 0 Å². The molecule has 0 radical (unpaired) electrons. The molecule has 1 fully saturated rings. The lowest BCUT2D eigenvalue weighted by Crippen LogP contribution is -2.43. The molecule has 0 atom stereocenters. The molecule has 172 valence electrons. The number of aromatic nitrogens is 3. The molecule has 0 N–H and O–H groups in total. The van der Waals surface area contributed by atoms with Gasteiger partial charge < -0.3 is 4.74 Å². The van der Waals surface area contributed by atoms with E-state index in [-0.39, 0.29) is 18.3 Å². The molecule has 5 rings (SSSR count). The maximum absolute atomic E-state index is 13.6. The highest BCUT2D eigenvalue weighted by molar-refractivity contribution is 7.98. The first-order valence-electron chi connectivity index (χ1n) is 10.5. The predicted octanol–water partition coefficient (Wildman–Crippen LogP) is 4.36. The molecule has 3 heterocycles. The van der Waals surface area contributed by atoms with Crippen molar-refractivity contribution in [2.24, 2.45) is 0 Å². The molecule has 0 bridgehead atoms. The number of thiazole rings is 1. The summed E-state index contributed by atoms with van der Waals surface area (Å²) < 4.78 is 6.53. The van der Waals surface area contributed by atoms with E-state index in [4.69, 9.17) is 9.72 Å². The topological polar surface area (TPSA) is 71.5 Å². The molecule has 2 aromatic heterocycles. The number of benzene rings is 2. The summed E-state index contributed by atoms with van der Waals surface area (Å²) in [6.45, 7) is 4.47. The van der Waals surface area contributed by atoms with Crippen LogP contribution in [0.25, 0.3) is 21.3 Å². The van der Waals surface area contributed by atoms with Gasteiger partial charge in [-0.25, -0.2) is 9.97 Å². The van der Waals surface area contributed by atoms with Crippen LogP contribution >= 0.6 is 35.5 Å². The largest absolute Gasteiger partial charge is 0.379 e. The number of para-hydroxylation sites is 2. The van der Waals surface area contributed by atoms with E-state index in [1.54, 1.807) is 22.9 Å². The van der Waals surface area contributed by atoms with E-state index in [0.29, 0.717) is 22.9 Å². The van der Waals surface area contributed by atoms with Crippen molar-refractivity contribution in [2.45, 2.75) is 4.90 Å². The van der Waals surface area contributed by atoms with Gasteiger partial charge >= 0.3 is 0 Å². The summed E-state index contributed by atoms with van der Waals surface area (Å²) in [7, 11) is 0. The van der Waals surface area contributed by atoms with Crippen molar-refractivity contribution in [3.63, 3.8) is 0 Å². The van der Waals surface area contributed by atoms with Crippen molar-refractivity contribution in [3.8, 4) is 0 Å². The summed E-state index contributed by atoms with van der Waals surface area (Å²) in [5.74, 6) is -0.180. The Morgan fingerprint density at radius 3 is 2.70 bits per heavy atom. The molecule has 1 aliphatic rings. The second kappa shape index (κ2) is 10.8. The number of hydrogen-bond donors (Lipinski definition) is 0. The number of nitrogens with zero attached hydrogens (tertiary/aromatic N) is 5. The zero-order valence-electron chi connectivity index (χ0n) is 18.1. The van der Waals surface area contributed by atoms with Crippen molar-refractivity contribution in [3.05, 3.63) is 54.4 Å². The minimum Gasteiger partial charge on any atom is -0.379 e. The predicted molar refractivity (Wildman–Crippen MR) is 137 cm³/mol. The Labute approximate surface area is 206 Å². The number of thioether (sulfide) groups is 1. The average molecular weight is 502 g/mol. The van der Waals surface area contributed by atoms with Crippen molar-refractivity contribution in [2.75, 3.05) is 50.5 Å². The molecule has 7 nitrogen and oxygen atoms in total. The van der Waals surface area contributed by atoms with Gasteiger partial charge in [-0.1, -0.05) is 23.5 Å². The standard InChI is InChI=1S/C23H23N5O2S2.ClH/c1-31-16-6-7-19-21(14-16)32-23(26-19)28(9-8-27-10-12-30-13-11-27)22(29)20-15-24-17-4-2-3-5-18(17)25-20;/h2-7,14-15H,8-13H2,1H3;1H. The molecule has 0 unspecified atom stereocenters. The van der Waals surface area contributed by atoms with Crippen molar-refractivity contribution in [1.82, 2.24) is 19.9 Å². The lowest BCUT2D eigenvalue weighted by atomic mass is 10.3. The number of amides is 1. The minimum absolute atomic E-state index is 0. The highest BCUT2D eigenvalue weighted by Gasteiger charge is 2.24. The maximum atomic E-state index is 13.6. The molecule has 4 aromatic rings. The molecule has 2 aromatic carbocycles. The highest BCUT2D eigenvalue weighted by atomic mass is 35.5. The summed E-state index contributed by atoms with van der Waals surface area (Å²) in [4.78, 5) is 32.7. The number of ether oxygens (including phenoxy) is 1. The lowest BCUT2D eigenvalue weighted by molar-refractivity contribution is 0.0391. The van der Waals surface area contributed by atoms with Crippen LogP contribution in [0.1, 0.15) is 10.5 Å². The Balaban J connectivity index is 0.00000259. The quantitative estimate of drug-likeness (QED) is 0.363. The van der Waals surface area contributed by atoms with Gasteiger partial charge in [-0.3, -0.25) is 19.6 Å². The monoisotopic (exact) mass is 501 g/mol. The second-order valence-corrected chi connectivity index (χ2v) is 9.37. The number of hydrogen-bond acceptors (Lipinski definition) is 8. The van der Waals surface area contributed by atoms with Gasteiger partial charge in [-0.2, -0.15) is 0 Å². The third-order valence-electron chi connectivity index (χ3n) is 5.47. The van der Waals surface area contributed by atoms with Crippen molar-refractivity contribution >= 4 is 67.8 Å². The molecular formula is C23H24ClN5O2S2. The third kappa shape index (κ3) is 5.28. The van der Waals surface area contributed by atoms with Gasteiger partial charge in [0, 0.05) is 31.1 Å². The van der Waals surface area contributed by atoms with Crippen LogP contribution in [0, 0.1) is 0 Å². The Morgan fingerprint density at radius 2 is 1.91 bits per heavy atom. The van der Waals surface area contributed by atoms with Crippen LogP contribution in [0.5, 0.6) is 0 Å². The van der Waals surface area contributed by atoms with Crippen LogP contribution in [0.4, 0.5) is 5.13 Å². The van der Waals surface area contributed by atoms with Crippen molar-refractivity contribution < 1.29 is 9.53 Å². The average Bonchev–Trinajstić information content (AvgIpc) is 3.27. The maximum Gasteiger partial charge on any atom is 0.280 e. The molecule has 0 aliphatic carbocycles. The number of anilines is 1. The summed E-state index contributed by atoms with van der Waals surface area (Å²) >= 11 is 3.23. The Bertz CT molecular complexity index is 1260. The van der Waals surface area contributed by atoms with Gasteiger partial charge in [0.2, 0.25) is 0 Å².